The minimum atomic E-state index is -0.281. The zero-order valence-electron chi connectivity index (χ0n) is 15.5. The lowest BCUT2D eigenvalue weighted by Gasteiger charge is -2.26. The lowest BCUT2D eigenvalue weighted by Crippen LogP contribution is -2.41. The van der Waals surface area contributed by atoms with E-state index >= 15 is 0 Å². The molecule has 2 heterocycles. The number of carbonyl (C=O) groups is 2. The van der Waals surface area contributed by atoms with Gasteiger partial charge in [-0.05, 0) is 50.5 Å². The third-order valence-corrected chi connectivity index (χ3v) is 5.56. The molecule has 2 aromatic carbocycles. The molecule has 0 aromatic heterocycles. The smallest absolute Gasteiger partial charge is 0.232 e. The molecular formula is C22H24N2O2. The number of anilines is 2. The maximum Gasteiger partial charge on any atom is 0.232 e. The van der Waals surface area contributed by atoms with Gasteiger partial charge >= 0.3 is 0 Å². The molecule has 2 aliphatic rings. The van der Waals surface area contributed by atoms with E-state index in [9.17, 15) is 9.59 Å². The SMILES string of the molecule is Cc1ccc(N2CC(C(=O)N3c4ccccc4CC3C)CC2=O)c(C)c1. The van der Waals surface area contributed by atoms with Crippen LogP contribution >= 0.6 is 0 Å². The summed E-state index contributed by atoms with van der Waals surface area (Å²) in [5.74, 6) is -0.171. The van der Waals surface area contributed by atoms with Gasteiger partial charge in [0.05, 0.1) is 5.92 Å². The van der Waals surface area contributed by atoms with E-state index in [1.165, 1.54) is 11.1 Å². The van der Waals surface area contributed by atoms with Crippen molar-refractivity contribution in [1.82, 2.24) is 0 Å². The highest BCUT2D eigenvalue weighted by Gasteiger charge is 2.41. The zero-order chi connectivity index (χ0) is 18.4. The van der Waals surface area contributed by atoms with Crippen molar-refractivity contribution in [1.29, 1.82) is 0 Å². The Balaban J connectivity index is 1.58. The van der Waals surface area contributed by atoms with Gasteiger partial charge in [-0.15, -0.1) is 0 Å². The summed E-state index contributed by atoms with van der Waals surface area (Å²) in [6.45, 7) is 6.61. The van der Waals surface area contributed by atoms with Crippen LogP contribution in [0.15, 0.2) is 42.5 Å². The molecule has 0 N–H and O–H groups in total. The highest BCUT2D eigenvalue weighted by atomic mass is 16.2. The first-order chi connectivity index (χ1) is 12.5. The fraction of sp³-hybridized carbons (Fsp3) is 0.364. The first-order valence-corrected chi connectivity index (χ1v) is 9.24. The first-order valence-electron chi connectivity index (χ1n) is 9.24. The molecule has 0 saturated carbocycles. The van der Waals surface area contributed by atoms with Crippen molar-refractivity contribution in [3.63, 3.8) is 0 Å². The van der Waals surface area contributed by atoms with E-state index < -0.39 is 0 Å². The van der Waals surface area contributed by atoms with Gasteiger partial charge in [0, 0.05) is 30.4 Å². The molecule has 134 valence electrons. The monoisotopic (exact) mass is 348 g/mol. The van der Waals surface area contributed by atoms with Crippen LogP contribution in [0, 0.1) is 19.8 Å². The van der Waals surface area contributed by atoms with Crippen molar-refractivity contribution in [3.8, 4) is 0 Å². The summed E-state index contributed by atoms with van der Waals surface area (Å²) >= 11 is 0. The summed E-state index contributed by atoms with van der Waals surface area (Å²) in [4.78, 5) is 29.5. The van der Waals surface area contributed by atoms with Gasteiger partial charge in [-0.25, -0.2) is 0 Å². The van der Waals surface area contributed by atoms with Gasteiger partial charge in [0.1, 0.15) is 0 Å². The number of rotatable bonds is 2. The van der Waals surface area contributed by atoms with Crippen LogP contribution in [0.1, 0.15) is 30.0 Å². The van der Waals surface area contributed by atoms with Gasteiger partial charge < -0.3 is 9.80 Å². The van der Waals surface area contributed by atoms with Crippen LogP contribution in [0.2, 0.25) is 0 Å². The van der Waals surface area contributed by atoms with Crippen molar-refractivity contribution >= 4 is 23.2 Å². The Morgan fingerprint density at radius 3 is 2.58 bits per heavy atom. The van der Waals surface area contributed by atoms with Gasteiger partial charge in [-0.1, -0.05) is 35.9 Å². The van der Waals surface area contributed by atoms with E-state index in [2.05, 4.69) is 19.1 Å². The number of fused-ring (bicyclic) bond motifs is 1. The first kappa shape index (κ1) is 16.8. The maximum absolute atomic E-state index is 13.2. The molecule has 0 radical (unpaired) electrons. The summed E-state index contributed by atoms with van der Waals surface area (Å²) in [5.41, 5.74) is 5.39. The van der Waals surface area contributed by atoms with Crippen LogP contribution in [0.5, 0.6) is 0 Å². The minimum Gasteiger partial charge on any atom is -0.311 e. The average Bonchev–Trinajstić information content (AvgIpc) is 3.14. The molecular weight excluding hydrogens is 324 g/mol. The Morgan fingerprint density at radius 1 is 1.04 bits per heavy atom. The molecule has 2 amide bonds. The van der Waals surface area contributed by atoms with Gasteiger partial charge in [-0.2, -0.15) is 0 Å². The Hall–Kier alpha value is -2.62. The molecule has 0 bridgehead atoms. The second kappa shape index (κ2) is 6.27. The van der Waals surface area contributed by atoms with E-state index in [1.807, 2.05) is 49.1 Å². The Morgan fingerprint density at radius 2 is 1.81 bits per heavy atom. The van der Waals surface area contributed by atoms with Gasteiger partial charge in [0.15, 0.2) is 0 Å². The summed E-state index contributed by atoms with van der Waals surface area (Å²) in [7, 11) is 0. The van der Waals surface area contributed by atoms with E-state index in [4.69, 9.17) is 0 Å². The molecule has 1 fully saturated rings. The average molecular weight is 348 g/mol. The molecule has 0 spiro atoms. The Bertz CT molecular complexity index is 889. The summed E-state index contributed by atoms with van der Waals surface area (Å²) in [6.07, 6.45) is 1.17. The van der Waals surface area contributed by atoms with Crippen molar-refractivity contribution in [2.45, 2.75) is 39.7 Å². The van der Waals surface area contributed by atoms with Crippen molar-refractivity contribution in [3.05, 3.63) is 59.2 Å². The third kappa shape index (κ3) is 2.70. The molecule has 4 rings (SSSR count). The highest BCUT2D eigenvalue weighted by molar-refractivity contribution is 6.05. The molecule has 2 unspecified atom stereocenters. The fourth-order valence-electron chi connectivity index (χ4n) is 4.31. The van der Waals surface area contributed by atoms with Crippen LogP contribution in [-0.4, -0.2) is 24.4 Å². The standard InChI is InChI=1S/C22H24N2O2/c1-14-8-9-19(15(2)10-14)23-13-18(12-21(23)25)22(26)24-16(3)11-17-6-4-5-7-20(17)24/h4-10,16,18H,11-13H2,1-3H3. The number of para-hydroxylation sites is 1. The van der Waals surface area contributed by atoms with Crippen LogP contribution in [0.25, 0.3) is 0 Å². The van der Waals surface area contributed by atoms with Crippen molar-refractivity contribution in [2.24, 2.45) is 5.92 Å². The summed E-state index contributed by atoms with van der Waals surface area (Å²) < 4.78 is 0. The molecule has 2 aliphatic heterocycles. The lowest BCUT2D eigenvalue weighted by molar-refractivity contribution is -0.124. The topological polar surface area (TPSA) is 40.6 Å². The number of nitrogens with zero attached hydrogens (tertiary/aromatic N) is 2. The predicted octanol–water partition coefficient (Wildman–Crippen LogP) is 3.63. The van der Waals surface area contributed by atoms with E-state index in [0.29, 0.717) is 6.54 Å². The Labute approximate surface area is 154 Å². The summed E-state index contributed by atoms with van der Waals surface area (Å²) in [5, 5.41) is 0. The third-order valence-electron chi connectivity index (χ3n) is 5.56. The second-order valence-corrected chi connectivity index (χ2v) is 7.59. The second-order valence-electron chi connectivity index (χ2n) is 7.59. The molecule has 26 heavy (non-hydrogen) atoms. The zero-order valence-corrected chi connectivity index (χ0v) is 15.5. The quantitative estimate of drug-likeness (QED) is 0.831. The number of hydrogen-bond acceptors (Lipinski definition) is 2. The van der Waals surface area contributed by atoms with E-state index in [-0.39, 0.29) is 30.2 Å². The summed E-state index contributed by atoms with van der Waals surface area (Å²) in [6, 6.07) is 14.3. The normalized spacial score (nSPS) is 22.0. The largest absolute Gasteiger partial charge is 0.311 e. The maximum atomic E-state index is 13.2. The van der Waals surface area contributed by atoms with Crippen LogP contribution in [-0.2, 0) is 16.0 Å². The number of carbonyl (C=O) groups excluding carboxylic acids is 2. The van der Waals surface area contributed by atoms with Crippen LogP contribution in [0.3, 0.4) is 0 Å². The molecule has 2 aromatic rings. The predicted molar refractivity (Wildman–Crippen MR) is 103 cm³/mol. The lowest BCUT2D eigenvalue weighted by atomic mass is 10.1. The molecule has 2 atom stereocenters. The molecule has 1 saturated heterocycles. The highest BCUT2D eigenvalue weighted by Crippen LogP contribution is 2.36. The molecule has 0 aliphatic carbocycles. The van der Waals surface area contributed by atoms with E-state index in [0.717, 1.165) is 23.4 Å². The van der Waals surface area contributed by atoms with Crippen LogP contribution in [0.4, 0.5) is 11.4 Å². The Kier molecular flexibility index (Phi) is 4.06. The van der Waals surface area contributed by atoms with Gasteiger partial charge in [0.2, 0.25) is 11.8 Å². The van der Waals surface area contributed by atoms with Crippen molar-refractivity contribution in [2.75, 3.05) is 16.3 Å². The van der Waals surface area contributed by atoms with Gasteiger partial charge in [-0.3, -0.25) is 9.59 Å². The minimum absolute atomic E-state index is 0.0374. The van der Waals surface area contributed by atoms with Crippen LogP contribution < -0.4 is 9.80 Å². The van der Waals surface area contributed by atoms with E-state index in [1.54, 1.807) is 4.90 Å². The molecule has 4 nitrogen and oxygen atoms in total. The van der Waals surface area contributed by atoms with Crippen molar-refractivity contribution < 1.29 is 9.59 Å². The van der Waals surface area contributed by atoms with Gasteiger partial charge in [0.25, 0.3) is 0 Å². The number of aryl methyl sites for hydroxylation is 2. The fourth-order valence-corrected chi connectivity index (χ4v) is 4.31. The number of hydrogen-bond donors (Lipinski definition) is 0. The number of amides is 2. The molecule has 4 heteroatoms. The number of benzene rings is 2.